The number of methoxy groups -OCH3 is 1. The number of nitrogens with zero attached hydrogens (tertiary/aromatic N) is 2. The summed E-state index contributed by atoms with van der Waals surface area (Å²) in [7, 11) is 4.24. The number of nitrogens with one attached hydrogen (secondary N) is 2. The van der Waals surface area contributed by atoms with E-state index in [1.54, 1.807) is 135 Å². The van der Waals surface area contributed by atoms with Crippen LogP contribution in [0.2, 0.25) is 30.1 Å². The van der Waals surface area contributed by atoms with E-state index < -0.39 is 41.7 Å². The highest BCUT2D eigenvalue weighted by molar-refractivity contribution is 6.41. The van der Waals surface area contributed by atoms with Gasteiger partial charge in [-0.15, -0.1) is 0 Å². The number of benzene rings is 6. The Morgan fingerprint density at radius 3 is 1.12 bits per heavy atom. The second kappa shape index (κ2) is 24.4. The number of hydrogen-bond acceptors (Lipinski definition) is 7. The molecule has 0 heterocycles. The van der Waals surface area contributed by atoms with Crippen molar-refractivity contribution in [1.82, 2.24) is 9.80 Å². The maximum absolute atomic E-state index is 13.2. The van der Waals surface area contributed by atoms with Crippen LogP contribution in [0.4, 0.5) is 11.4 Å². The summed E-state index contributed by atoms with van der Waals surface area (Å²) >= 11 is 36.8. The third-order valence-corrected chi connectivity index (χ3v) is 12.8. The number of ether oxygens (including phenoxy) is 1. The molecular weight excluding hydrogens is 1010 g/mol. The number of esters is 1. The van der Waals surface area contributed by atoms with E-state index in [9.17, 15) is 33.9 Å². The number of carbonyl (C=O) groups excluding carboxylic acids is 5. The summed E-state index contributed by atoms with van der Waals surface area (Å²) in [5, 5.41) is 16.8. The van der Waals surface area contributed by atoms with Gasteiger partial charge in [0.15, 0.2) is 0 Å². The lowest BCUT2D eigenvalue weighted by Crippen LogP contribution is -2.44. The van der Waals surface area contributed by atoms with E-state index in [4.69, 9.17) is 74.3 Å². The van der Waals surface area contributed by atoms with E-state index in [1.165, 1.54) is 31.0 Å². The van der Waals surface area contributed by atoms with Crippen molar-refractivity contribution in [2.45, 2.75) is 38.8 Å². The summed E-state index contributed by atoms with van der Waals surface area (Å²) in [6, 6.07) is 31.3. The van der Waals surface area contributed by atoms with Gasteiger partial charge in [-0.2, -0.15) is 0 Å². The Bertz CT molecular complexity index is 2820. The van der Waals surface area contributed by atoms with Crippen molar-refractivity contribution in [1.29, 1.82) is 0 Å². The van der Waals surface area contributed by atoms with Crippen LogP contribution in [-0.2, 0) is 27.2 Å². The maximum Gasteiger partial charge on any atom is 0.328 e. The fourth-order valence-corrected chi connectivity index (χ4v) is 8.80. The Morgan fingerprint density at radius 1 is 0.493 bits per heavy atom. The highest BCUT2D eigenvalue weighted by Gasteiger charge is 2.31. The molecule has 3 N–H and O–H groups in total. The first kappa shape index (κ1) is 53.8. The van der Waals surface area contributed by atoms with Crippen LogP contribution in [0.1, 0.15) is 63.7 Å². The number of carboxylic acids is 1. The van der Waals surface area contributed by atoms with Crippen molar-refractivity contribution in [3.8, 4) is 0 Å². The maximum atomic E-state index is 13.2. The van der Waals surface area contributed by atoms with E-state index in [-0.39, 0.29) is 60.6 Å². The summed E-state index contributed by atoms with van der Waals surface area (Å²) in [6.45, 7) is 3.52. The molecule has 0 radical (unpaired) electrons. The molecule has 2 atom stereocenters. The highest BCUT2D eigenvalue weighted by atomic mass is 35.5. The van der Waals surface area contributed by atoms with Gasteiger partial charge < -0.3 is 30.3 Å². The number of halogens is 6. The van der Waals surface area contributed by atoms with E-state index in [0.29, 0.717) is 38.7 Å². The minimum Gasteiger partial charge on any atom is -0.480 e. The Labute approximate surface area is 429 Å². The topological polar surface area (TPSA) is 162 Å². The molecule has 69 heavy (non-hydrogen) atoms. The number of rotatable bonds is 14. The van der Waals surface area contributed by atoms with Crippen LogP contribution >= 0.6 is 69.6 Å². The van der Waals surface area contributed by atoms with Gasteiger partial charge in [-0.25, -0.2) is 9.59 Å². The third kappa shape index (κ3) is 13.6. The van der Waals surface area contributed by atoms with Crippen molar-refractivity contribution < 1.29 is 38.6 Å². The first-order chi connectivity index (χ1) is 32.7. The molecule has 0 bridgehead atoms. The van der Waals surface area contributed by atoms with Crippen LogP contribution in [0.25, 0.3) is 0 Å². The largest absolute Gasteiger partial charge is 0.480 e. The van der Waals surface area contributed by atoms with Crippen LogP contribution < -0.4 is 10.6 Å². The summed E-state index contributed by atoms with van der Waals surface area (Å²) in [5.74, 6) is -3.48. The predicted molar refractivity (Wildman–Crippen MR) is 273 cm³/mol. The molecule has 6 aromatic rings. The van der Waals surface area contributed by atoms with Crippen LogP contribution in [0, 0.1) is 13.8 Å². The molecule has 0 saturated heterocycles. The summed E-state index contributed by atoms with van der Waals surface area (Å²) in [5.41, 5.74) is 4.73. The van der Waals surface area contributed by atoms with Gasteiger partial charge in [0.25, 0.3) is 23.6 Å². The number of amides is 4. The van der Waals surface area contributed by atoms with Gasteiger partial charge in [0.1, 0.15) is 12.1 Å². The molecule has 0 aromatic heterocycles. The van der Waals surface area contributed by atoms with Gasteiger partial charge in [0.05, 0.1) is 59.5 Å². The Balaban J connectivity index is 0.000000258. The lowest BCUT2D eigenvalue weighted by atomic mass is 10.0. The van der Waals surface area contributed by atoms with Crippen LogP contribution in [0.15, 0.2) is 121 Å². The zero-order valence-electron chi connectivity index (χ0n) is 37.6. The van der Waals surface area contributed by atoms with Crippen molar-refractivity contribution in [3.05, 3.63) is 196 Å². The average molecular weight is 1050 g/mol. The SMILES string of the molecule is COC(=O)C(Cc1ccc(NC(=O)c2c(Cl)cccc2Cl)cc1)N(C)C(=O)c1c(C)cccc1Cl.Cc1cccc(Cl)c1C(=O)N(C)C(Cc1ccc(NC(=O)c2c(Cl)cccc2Cl)cc1)C(=O)O. The lowest BCUT2D eigenvalue weighted by molar-refractivity contribution is -0.145. The molecule has 12 nitrogen and oxygen atoms in total. The van der Waals surface area contributed by atoms with Crippen LogP contribution in [-0.4, -0.2) is 83.8 Å². The fourth-order valence-electron chi connectivity index (χ4n) is 7.06. The molecule has 18 heteroatoms. The Hall–Kier alpha value is -6.12. The van der Waals surface area contributed by atoms with Gasteiger partial charge in [-0.05, 0) is 96.8 Å². The van der Waals surface area contributed by atoms with E-state index in [2.05, 4.69) is 10.6 Å². The number of hydrogen-bond donors (Lipinski definition) is 3. The smallest absolute Gasteiger partial charge is 0.328 e. The third-order valence-electron chi connectivity index (χ3n) is 10.9. The van der Waals surface area contributed by atoms with Crippen LogP contribution in [0.3, 0.4) is 0 Å². The molecule has 0 aliphatic carbocycles. The van der Waals surface area contributed by atoms with Crippen LogP contribution in [0.5, 0.6) is 0 Å². The zero-order chi connectivity index (χ0) is 50.7. The molecule has 0 aliphatic rings. The zero-order valence-corrected chi connectivity index (χ0v) is 42.1. The number of carbonyl (C=O) groups is 6. The van der Waals surface area contributed by atoms with Gasteiger partial charge in [0.2, 0.25) is 0 Å². The van der Waals surface area contributed by atoms with Gasteiger partial charge in [-0.1, -0.05) is 130 Å². The van der Waals surface area contributed by atoms with Gasteiger partial charge in [-0.3, -0.25) is 19.2 Å². The minimum atomic E-state index is -1.15. The molecule has 4 amide bonds. The molecule has 0 fully saturated rings. The average Bonchev–Trinajstić information content (AvgIpc) is 3.30. The molecule has 0 aliphatic heterocycles. The molecule has 358 valence electrons. The summed E-state index contributed by atoms with van der Waals surface area (Å²) in [6.07, 6.45) is 0.259. The molecule has 0 saturated carbocycles. The lowest BCUT2D eigenvalue weighted by Gasteiger charge is -2.27. The second-order valence-electron chi connectivity index (χ2n) is 15.5. The molecule has 0 spiro atoms. The molecule has 6 aromatic carbocycles. The van der Waals surface area contributed by atoms with Crippen molar-refractivity contribution in [3.63, 3.8) is 0 Å². The first-order valence-corrected chi connectivity index (χ1v) is 23.0. The highest BCUT2D eigenvalue weighted by Crippen LogP contribution is 2.29. The Morgan fingerprint density at radius 2 is 0.797 bits per heavy atom. The fraction of sp³-hybridized carbons (Fsp3) is 0.176. The number of likely N-dealkylation sites (N-methyl/N-ethyl adjacent to an activating group) is 2. The molecule has 6 rings (SSSR count). The minimum absolute atomic E-state index is 0.0612. The summed E-state index contributed by atoms with van der Waals surface area (Å²) in [4.78, 5) is 78.4. The normalized spacial score (nSPS) is 11.5. The monoisotopic (exact) mass is 1050 g/mol. The first-order valence-electron chi connectivity index (χ1n) is 20.8. The standard InChI is InChI=1S/C26H23Cl3N2O4.C25H21Cl3N2O4/c1-15-6-4-7-18(27)22(15)25(33)31(2)21(26(34)35-3)14-16-10-12-17(13-11-16)30-24(32)23-19(28)8-5-9-20(23)29;1-14-5-3-6-17(26)21(14)24(32)30(2)20(25(33)34)13-15-9-11-16(12-10-15)29-23(31)22-18(27)7-4-8-19(22)28/h4-13,21H,14H2,1-3H3,(H,30,32);3-12,20H,13H2,1-2H3,(H,29,31)(H,33,34). The second-order valence-corrected chi connectivity index (χ2v) is 17.9. The molecular formula is C51H44Cl6N4O8. The number of anilines is 2. The summed E-state index contributed by atoms with van der Waals surface area (Å²) < 4.78 is 4.95. The van der Waals surface area contributed by atoms with Crippen molar-refractivity contribution >= 4 is 117 Å². The number of aliphatic carboxylic acids is 1. The number of carboxylic acid groups (broad SMARTS) is 1. The number of aryl methyl sites for hydroxylation is 2. The van der Waals surface area contributed by atoms with E-state index in [0.717, 1.165) is 5.56 Å². The Kier molecular flexibility index (Phi) is 19.1. The predicted octanol–water partition coefficient (Wildman–Crippen LogP) is 12.0. The quantitative estimate of drug-likeness (QED) is 0.0908. The van der Waals surface area contributed by atoms with Crippen molar-refractivity contribution in [2.75, 3.05) is 31.8 Å². The van der Waals surface area contributed by atoms with Gasteiger partial charge >= 0.3 is 11.9 Å². The van der Waals surface area contributed by atoms with E-state index >= 15 is 0 Å². The van der Waals surface area contributed by atoms with Gasteiger partial charge in [0, 0.05) is 38.3 Å². The molecule has 2 unspecified atom stereocenters. The van der Waals surface area contributed by atoms with Crippen molar-refractivity contribution in [2.24, 2.45) is 0 Å². The van der Waals surface area contributed by atoms with E-state index in [1.807, 2.05) is 0 Å².